The maximum Gasteiger partial charge on any atom is 0.204 e. The molecule has 0 bridgehead atoms. The third-order valence-electron chi connectivity index (χ3n) is 2.25. The van der Waals surface area contributed by atoms with Crippen molar-refractivity contribution >= 4 is 0 Å². The average molecular weight is 220 g/mol. The monoisotopic (exact) mass is 220 g/mol. The summed E-state index contributed by atoms with van der Waals surface area (Å²) in [6.45, 7) is 2.13. The van der Waals surface area contributed by atoms with Gasteiger partial charge in [0, 0.05) is 5.56 Å². The molecule has 0 radical (unpaired) electrons. The van der Waals surface area contributed by atoms with Crippen LogP contribution >= 0.6 is 0 Å². The molecule has 84 valence electrons. The van der Waals surface area contributed by atoms with E-state index in [1.54, 1.807) is 0 Å². The fourth-order valence-corrected chi connectivity index (χ4v) is 1.36. The van der Waals surface area contributed by atoms with Crippen LogP contribution in [0, 0.1) is 6.92 Å². The van der Waals surface area contributed by atoms with Crippen molar-refractivity contribution in [3.63, 3.8) is 0 Å². The first-order valence-corrected chi connectivity index (χ1v) is 5.20. The Morgan fingerprint density at radius 2 is 2.00 bits per heavy atom. The lowest BCUT2D eigenvalue weighted by atomic mass is 10.1. The number of benzene rings is 1. The van der Waals surface area contributed by atoms with Crippen LogP contribution in [0.25, 0.3) is 11.4 Å². The minimum absolute atomic E-state index is 0.360. The minimum Gasteiger partial charge on any atom is -0.251 e. The summed E-state index contributed by atoms with van der Waals surface area (Å²) >= 11 is 0. The van der Waals surface area contributed by atoms with Crippen LogP contribution in [-0.4, -0.2) is 26.9 Å². The number of aromatic nitrogens is 4. The molecule has 0 atom stereocenters. The van der Waals surface area contributed by atoms with Crippen LogP contribution in [0.2, 0.25) is 0 Å². The van der Waals surface area contributed by atoms with Gasteiger partial charge < -0.3 is 0 Å². The topological polar surface area (TPSA) is 43.6 Å². The summed E-state index contributed by atoms with van der Waals surface area (Å²) in [4.78, 5) is 1.43. The normalized spacial score (nSPS) is 10.6. The first kappa shape index (κ1) is 10.7. The molecule has 1 aromatic heterocycles. The molecule has 0 spiro atoms. The van der Waals surface area contributed by atoms with Gasteiger partial charge in [0.15, 0.2) is 0 Å². The predicted molar refractivity (Wildman–Crippen MR) is 58.6 cm³/mol. The summed E-state index contributed by atoms with van der Waals surface area (Å²) in [7, 11) is 0. The number of alkyl halides is 1. The Kier molecular flexibility index (Phi) is 3.24. The first-order chi connectivity index (χ1) is 7.79. The molecular formula is C11H13FN4. The van der Waals surface area contributed by atoms with Gasteiger partial charge in [-0.2, -0.15) is 4.80 Å². The van der Waals surface area contributed by atoms with Gasteiger partial charge >= 0.3 is 0 Å². The summed E-state index contributed by atoms with van der Waals surface area (Å²) in [6, 6.07) is 7.90. The van der Waals surface area contributed by atoms with Crippen LogP contribution in [0.15, 0.2) is 24.3 Å². The van der Waals surface area contributed by atoms with Crippen molar-refractivity contribution in [1.82, 2.24) is 20.2 Å². The van der Waals surface area contributed by atoms with Gasteiger partial charge in [0.05, 0.1) is 13.2 Å². The van der Waals surface area contributed by atoms with Crippen molar-refractivity contribution in [3.05, 3.63) is 29.8 Å². The van der Waals surface area contributed by atoms with Gasteiger partial charge in [-0.3, -0.25) is 4.39 Å². The summed E-state index contributed by atoms with van der Waals surface area (Å²) in [5.74, 6) is 0.582. The Hall–Kier alpha value is -1.78. The van der Waals surface area contributed by atoms with Gasteiger partial charge in [0.25, 0.3) is 0 Å². The van der Waals surface area contributed by atoms with Gasteiger partial charge in [0.2, 0.25) is 5.82 Å². The number of aryl methyl sites for hydroxylation is 2. The highest BCUT2D eigenvalue weighted by Gasteiger charge is 2.04. The van der Waals surface area contributed by atoms with Crippen LogP contribution < -0.4 is 0 Å². The zero-order valence-electron chi connectivity index (χ0n) is 9.10. The van der Waals surface area contributed by atoms with Gasteiger partial charge in [0.1, 0.15) is 0 Å². The van der Waals surface area contributed by atoms with Gasteiger partial charge in [-0.15, -0.1) is 10.2 Å². The van der Waals surface area contributed by atoms with E-state index in [1.807, 2.05) is 31.2 Å². The quantitative estimate of drug-likeness (QED) is 0.791. The van der Waals surface area contributed by atoms with E-state index in [4.69, 9.17) is 0 Å². The molecule has 2 rings (SSSR count). The number of halogens is 1. The SMILES string of the molecule is Cc1ccc(-c2nnn(CCCF)n2)cc1. The van der Waals surface area contributed by atoms with Crippen molar-refractivity contribution in [2.45, 2.75) is 19.9 Å². The first-order valence-electron chi connectivity index (χ1n) is 5.20. The molecule has 0 unspecified atom stereocenters. The molecule has 0 saturated heterocycles. The zero-order valence-corrected chi connectivity index (χ0v) is 9.10. The maximum absolute atomic E-state index is 12.0. The Balaban J connectivity index is 2.15. The number of tetrazole rings is 1. The van der Waals surface area contributed by atoms with E-state index in [9.17, 15) is 4.39 Å². The van der Waals surface area contributed by atoms with E-state index < -0.39 is 0 Å². The van der Waals surface area contributed by atoms with Gasteiger partial charge in [-0.1, -0.05) is 29.8 Å². The number of nitrogens with zero attached hydrogens (tertiary/aromatic N) is 4. The molecule has 0 saturated carbocycles. The molecule has 1 aromatic carbocycles. The van der Waals surface area contributed by atoms with Crippen molar-refractivity contribution in [2.75, 3.05) is 6.67 Å². The molecule has 0 aliphatic heterocycles. The van der Waals surface area contributed by atoms with Crippen molar-refractivity contribution in [2.24, 2.45) is 0 Å². The third-order valence-corrected chi connectivity index (χ3v) is 2.25. The van der Waals surface area contributed by atoms with Crippen LogP contribution in [0.1, 0.15) is 12.0 Å². The Labute approximate surface area is 93.1 Å². The van der Waals surface area contributed by atoms with Crippen molar-refractivity contribution in [1.29, 1.82) is 0 Å². The lowest BCUT2D eigenvalue weighted by Crippen LogP contribution is -2.03. The Morgan fingerprint density at radius 3 is 2.69 bits per heavy atom. The van der Waals surface area contributed by atoms with Crippen LogP contribution in [0.3, 0.4) is 0 Å². The second-order valence-electron chi connectivity index (χ2n) is 3.62. The molecular weight excluding hydrogens is 207 g/mol. The minimum atomic E-state index is -0.360. The highest BCUT2D eigenvalue weighted by molar-refractivity contribution is 5.53. The van der Waals surface area contributed by atoms with E-state index in [-0.39, 0.29) is 6.67 Å². The fraction of sp³-hybridized carbons (Fsp3) is 0.364. The highest BCUT2D eigenvalue weighted by atomic mass is 19.1. The summed E-state index contributed by atoms with van der Waals surface area (Å²) in [6.07, 6.45) is 0.420. The van der Waals surface area contributed by atoms with E-state index in [0.29, 0.717) is 18.8 Å². The average Bonchev–Trinajstić information content (AvgIpc) is 2.76. The molecule has 4 nitrogen and oxygen atoms in total. The van der Waals surface area contributed by atoms with Gasteiger partial charge in [-0.25, -0.2) is 0 Å². The number of hydrogen-bond donors (Lipinski definition) is 0. The molecule has 2 aromatic rings. The van der Waals surface area contributed by atoms with Crippen LogP contribution in [0.4, 0.5) is 4.39 Å². The van der Waals surface area contributed by atoms with E-state index in [0.717, 1.165) is 5.56 Å². The molecule has 16 heavy (non-hydrogen) atoms. The van der Waals surface area contributed by atoms with Crippen molar-refractivity contribution in [3.8, 4) is 11.4 Å². The van der Waals surface area contributed by atoms with Crippen molar-refractivity contribution < 1.29 is 4.39 Å². The predicted octanol–water partition coefficient (Wildman–Crippen LogP) is 2.01. The largest absolute Gasteiger partial charge is 0.251 e. The molecule has 0 amide bonds. The number of rotatable bonds is 4. The lowest BCUT2D eigenvalue weighted by molar-refractivity contribution is 0.412. The molecule has 0 fully saturated rings. The van der Waals surface area contributed by atoms with E-state index >= 15 is 0 Å². The molecule has 1 heterocycles. The van der Waals surface area contributed by atoms with E-state index in [1.165, 1.54) is 10.4 Å². The van der Waals surface area contributed by atoms with Gasteiger partial charge in [-0.05, 0) is 18.6 Å². The maximum atomic E-state index is 12.0. The van der Waals surface area contributed by atoms with Crippen LogP contribution in [-0.2, 0) is 6.54 Å². The molecule has 0 aliphatic carbocycles. The molecule has 5 heteroatoms. The summed E-state index contributed by atoms with van der Waals surface area (Å²) < 4.78 is 12.0. The van der Waals surface area contributed by atoms with E-state index in [2.05, 4.69) is 15.4 Å². The lowest BCUT2D eigenvalue weighted by Gasteiger charge is -1.95. The standard InChI is InChI=1S/C11H13FN4/c1-9-3-5-10(6-4-9)11-13-15-16(14-11)8-2-7-12/h3-6H,2,7-8H2,1H3. The molecule has 0 aliphatic rings. The molecule has 0 N–H and O–H groups in total. The number of hydrogen-bond acceptors (Lipinski definition) is 3. The smallest absolute Gasteiger partial charge is 0.204 e. The third kappa shape index (κ3) is 2.42. The van der Waals surface area contributed by atoms with Crippen LogP contribution in [0.5, 0.6) is 0 Å². The fourth-order valence-electron chi connectivity index (χ4n) is 1.36. The second-order valence-corrected chi connectivity index (χ2v) is 3.62. The summed E-state index contributed by atoms with van der Waals surface area (Å²) in [5, 5.41) is 12.0. The Morgan fingerprint density at radius 1 is 1.25 bits per heavy atom. The zero-order chi connectivity index (χ0) is 11.4. The second kappa shape index (κ2) is 4.83. The summed E-state index contributed by atoms with van der Waals surface area (Å²) in [5.41, 5.74) is 2.12. The Bertz CT molecular complexity index is 449. The highest BCUT2D eigenvalue weighted by Crippen LogP contribution is 2.13.